The van der Waals surface area contributed by atoms with Gasteiger partial charge >= 0.3 is 0 Å². The van der Waals surface area contributed by atoms with Crippen LogP contribution in [0.1, 0.15) is 21.6 Å². The number of carbonyl (C=O) groups excluding carboxylic acids is 1. The molecule has 238 valence electrons. The van der Waals surface area contributed by atoms with Crippen LogP contribution in [0.15, 0.2) is 78.2 Å². The number of aromatic nitrogens is 5. The van der Waals surface area contributed by atoms with Gasteiger partial charge in [0.05, 0.1) is 11.1 Å². The van der Waals surface area contributed by atoms with Gasteiger partial charge in [0, 0.05) is 68.0 Å². The summed E-state index contributed by atoms with van der Waals surface area (Å²) in [5.74, 6) is -0.814. The molecule has 0 radical (unpaired) electrons. The first kappa shape index (κ1) is 31.4. The van der Waals surface area contributed by atoms with E-state index in [0.717, 1.165) is 38.8 Å². The molecule has 2 aromatic carbocycles. The van der Waals surface area contributed by atoms with Crippen molar-refractivity contribution in [2.45, 2.75) is 18.0 Å². The number of nitrogens with zero attached hydrogens (tertiary/aromatic N) is 6. The van der Waals surface area contributed by atoms with Crippen LogP contribution in [0.3, 0.4) is 0 Å². The van der Waals surface area contributed by atoms with Crippen molar-refractivity contribution in [3.63, 3.8) is 0 Å². The smallest absolute Gasteiger partial charge is 0.278 e. The Balaban J connectivity index is 1.11. The molecule has 1 amide bonds. The summed E-state index contributed by atoms with van der Waals surface area (Å²) in [5, 5.41) is 13.7. The third-order valence-electron chi connectivity index (χ3n) is 7.71. The van der Waals surface area contributed by atoms with Gasteiger partial charge < -0.3 is 20.1 Å². The van der Waals surface area contributed by atoms with Crippen LogP contribution < -0.4 is 10.6 Å². The van der Waals surface area contributed by atoms with E-state index in [1.807, 2.05) is 41.1 Å². The Kier molecular flexibility index (Phi) is 9.12. The van der Waals surface area contributed by atoms with E-state index in [2.05, 4.69) is 47.6 Å². The molecule has 12 nitrogen and oxygen atoms in total. The lowest BCUT2D eigenvalue weighted by atomic mass is 10.1. The van der Waals surface area contributed by atoms with Crippen LogP contribution in [0.4, 0.5) is 21.6 Å². The van der Waals surface area contributed by atoms with Crippen molar-refractivity contribution in [1.82, 2.24) is 34.5 Å². The Morgan fingerprint density at radius 2 is 1.87 bits per heavy atom. The van der Waals surface area contributed by atoms with Crippen LogP contribution in [0.5, 0.6) is 0 Å². The third kappa shape index (κ3) is 7.26. The number of H-pyrrole nitrogens is 1. The van der Waals surface area contributed by atoms with Gasteiger partial charge in [-0.1, -0.05) is 30.4 Å². The molecule has 3 aromatic heterocycles. The number of piperazine rings is 1. The summed E-state index contributed by atoms with van der Waals surface area (Å²) in [6.07, 6.45) is 8.26. The number of halogens is 2. The number of hydrogen-bond donors (Lipinski definition) is 3. The molecule has 6 rings (SSSR count). The number of hydrogen-bond acceptors (Lipinski definition) is 9. The Hall–Kier alpha value is -4.63. The molecule has 15 heteroatoms. The number of nitrogens with one attached hydrogen (secondary N) is 3. The summed E-state index contributed by atoms with van der Waals surface area (Å²) in [7, 11) is 3.26. The van der Waals surface area contributed by atoms with Crippen LogP contribution >= 0.6 is 10.7 Å². The quantitative estimate of drug-likeness (QED) is 0.182. The predicted octanol–water partition coefficient (Wildman–Crippen LogP) is 4.68. The number of anilines is 3. The molecule has 1 aliphatic heterocycles. The number of fused-ring (bicyclic) bond motifs is 1. The molecule has 1 aliphatic rings. The second-order valence-corrected chi connectivity index (χ2v) is 13.5. The first-order valence-electron chi connectivity index (χ1n) is 14.5. The molecule has 0 aliphatic carbocycles. The Labute approximate surface area is 269 Å². The lowest BCUT2D eigenvalue weighted by Gasteiger charge is -2.32. The number of likely N-dealkylation sites (N-methyl/N-ethyl adjacent to an activating group) is 1. The van der Waals surface area contributed by atoms with Gasteiger partial charge in [0.2, 0.25) is 0 Å². The van der Waals surface area contributed by atoms with Crippen LogP contribution in [-0.4, -0.2) is 82.1 Å². The van der Waals surface area contributed by atoms with E-state index in [4.69, 9.17) is 10.7 Å². The van der Waals surface area contributed by atoms with Gasteiger partial charge in [0.15, 0.2) is 5.69 Å². The highest BCUT2D eigenvalue weighted by atomic mass is 35.7. The zero-order valence-electron chi connectivity index (χ0n) is 24.8. The summed E-state index contributed by atoms with van der Waals surface area (Å²) in [5.41, 5.74) is 3.56. The van der Waals surface area contributed by atoms with Crippen LogP contribution in [-0.2, 0) is 22.1 Å². The van der Waals surface area contributed by atoms with Gasteiger partial charge in [-0.05, 0) is 48.5 Å². The van der Waals surface area contributed by atoms with E-state index >= 15 is 0 Å². The number of benzene rings is 2. The van der Waals surface area contributed by atoms with E-state index in [0.29, 0.717) is 40.3 Å². The van der Waals surface area contributed by atoms with Crippen molar-refractivity contribution in [3.8, 4) is 0 Å². The fourth-order valence-electron chi connectivity index (χ4n) is 5.20. The van der Waals surface area contributed by atoms with Crippen molar-refractivity contribution < 1.29 is 17.6 Å². The first-order valence-corrected chi connectivity index (χ1v) is 16.8. The highest BCUT2D eigenvalue weighted by molar-refractivity contribution is 8.13. The summed E-state index contributed by atoms with van der Waals surface area (Å²) in [4.78, 5) is 26.1. The van der Waals surface area contributed by atoms with E-state index in [1.54, 1.807) is 18.3 Å². The van der Waals surface area contributed by atoms with Crippen molar-refractivity contribution in [3.05, 3.63) is 96.0 Å². The SMILES string of the molecule is CN1CCN(Cc2ccc(NC(=O)c3n[nH]cc3Nc3ncnc4c3ccn4C/C=C/c3ccc(F)c(S(=O)(=O)Cl)c3)cc2)CC1. The molecule has 0 spiro atoms. The standard InChI is InChI=1S/C31H31ClFN9O3S/c1-40-13-15-41(16-14-40)19-22-4-7-23(8-5-22)37-31(43)28-26(18-36-39-28)38-29-24-10-12-42(30(24)35-20-34-29)11-2-3-21-6-9-25(33)27(17-21)46(32,44)45/h2-10,12,17-18,20H,11,13-16,19H2,1H3,(H,36,39)(H,37,43)(H,34,35,38)/b3-2+. The fourth-order valence-corrected chi connectivity index (χ4v) is 6.13. The maximum atomic E-state index is 13.9. The Bertz CT molecular complexity index is 2000. The zero-order valence-corrected chi connectivity index (χ0v) is 26.4. The molecule has 3 N–H and O–H groups in total. The molecule has 1 saturated heterocycles. The number of amides is 1. The summed E-state index contributed by atoms with van der Waals surface area (Å²) in [6, 6.07) is 13.4. The number of aromatic amines is 1. The summed E-state index contributed by atoms with van der Waals surface area (Å²) in [6.45, 7) is 5.45. The fraction of sp³-hybridized carbons (Fsp3) is 0.226. The molecule has 0 saturated carbocycles. The maximum absolute atomic E-state index is 13.9. The van der Waals surface area contributed by atoms with Crippen LogP contribution in [0.2, 0.25) is 0 Å². The Morgan fingerprint density at radius 3 is 2.63 bits per heavy atom. The molecule has 0 bridgehead atoms. The topological polar surface area (TPSA) is 141 Å². The normalized spacial score (nSPS) is 14.7. The molecule has 0 atom stereocenters. The van der Waals surface area contributed by atoms with Crippen molar-refractivity contribution in [2.24, 2.45) is 0 Å². The van der Waals surface area contributed by atoms with Crippen LogP contribution in [0, 0.1) is 5.82 Å². The average Bonchev–Trinajstić information content (AvgIpc) is 3.67. The average molecular weight is 664 g/mol. The number of rotatable bonds is 10. The van der Waals surface area contributed by atoms with Gasteiger partial charge in [0.25, 0.3) is 15.0 Å². The highest BCUT2D eigenvalue weighted by Gasteiger charge is 2.19. The van der Waals surface area contributed by atoms with Gasteiger partial charge in [-0.3, -0.25) is 14.8 Å². The van der Waals surface area contributed by atoms with Gasteiger partial charge in [-0.25, -0.2) is 22.8 Å². The minimum absolute atomic E-state index is 0.174. The second-order valence-electron chi connectivity index (χ2n) is 11.0. The molecular weight excluding hydrogens is 633 g/mol. The van der Waals surface area contributed by atoms with E-state index < -0.39 is 19.8 Å². The van der Waals surface area contributed by atoms with E-state index in [1.165, 1.54) is 24.0 Å². The monoisotopic (exact) mass is 663 g/mol. The lowest BCUT2D eigenvalue weighted by Crippen LogP contribution is -2.43. The lowest BCUT2D eigenvalue weighted by molar-refractivity contribution is 0.102. The Morgan fingerprint density at radius 1 is 1.09 bits per heavy atom. The van der Waals surface area contributed by atoms with Gasteiger partial charge in [-0.15, -0.1) is 0 Å². The molecule has 46 heavy (non-hydrogen) atoms. The second kappa shape index (κ2) is 13.4. The third-order valence-corrected chi connectivity index (χ3v) is 9.05. The minimum Gasteiger partial charge on any atom is -0.336 e. The highest BCUT2D eigenvalue weighted by Crippen LogP contribution is 2.26. The van der Waals surface area contributed by atoms with Gasteiger partial charge in [0.1, 0.15) is 28.5 Å². The molecular formula is C31H31ClFN9O3S. The van der Waals surface area contributed by atoms with E-state index in [9.17, 15) is 17.6 Å². The number of allylic oxidation sites excluding steroid dienone is 1. The van der Waals surface area contributed by atoms with E-state index in [-0.39, 0.29) is 11.6 Å². The minimum atomic E-state index is -4.21. The molecule has 4 heterocycles. The van der Waals surface area contributed by atoms with Crippen molar-refractivity contribution >= 4 is 59.9 Å². The van der Waals surface area contributed by atoms with Crippen LogP contribution in [0.25, 0.3) is 17.1 Å². The molecule has 5 aromatic rings. The molecule has 1 fully saturated rings. The van der Waals surface area contributed by atoms with Crippen molar-refractivity contribution in [2.75, 3.05) is 43.9 Å². The summed E-state index contributed by atoms with van der Waals surface area (Å²) < 4.78 is 39.0. The maximum Gasteiger partial charge on any atom is 0.278 e. The summed E-state index contributed by atoms with van der Waals surface area (Å²) >= 11 is 0. The number of carbonyl (C=O) groups is 1. The first-order chi connectivity index (χ1) is 22.1. The molecule has 0 unspecified atom stereocenters. The predicted molar refractivity (Wildman–Crippen MR) is 175 cm³/mol. The van der Waals surface area contributed by atoms with Crippen molar-refractivity contribution in [1.29, 1.82) is 0 Å². The zero-order chi connectivity index (χ0) is 32.3. The largest absolute Gasteiger partial charge is 0.336 e. The van der Waals surface area contributed by atoms with Gasteiger partial charge in [-0.2, -0.15) is 5.10 Å².